The Balaban J connectivity index is 2.59. The molecule has 0 saturated carbocycles. The molecule has 0 radical (unpaired) electrons. The Morgan fingerprint density at radius 1 is 1.56 bits per heavy atom. The fourth-order valence-corrected chi connectivity index (χ4v) is 1.19. The van der Waals surface area contributed by atoms with Crippen LogP contribution in [0.25, 0.3) is 0 Å². The predicted octanol–water partition coefficient (Wildman–Crippen LogP) is 2.45. The van der Waals surface area contributed by atoms with Gasteiger partial charge in [-0.2, -0.15) is 5.26 Å². The Labute approximate surface area is 93.5 Å². The number of carbonyl (C=O) groups excluding carboxylic acids is 1. The van der Waals surface area contributed by atoms with Crippen molar-refractivity contribution in [2.75, 3.05) is 6.61 Å². The van der Waals surface area contributed by atoms with E-state index >= 15 is 0 Å². The van der Waals surface area contributed by atoms with Crippen LogP contribution in [0, 0.1) is 17.1 Å². The molecule has 1 aromatic carbocycles. The summed E-state index contributed by atoms with van der Waals surface area (Å²) in [6, 6.07) is 5.62. The average Bonchev–Trinajstić information content (AvgIpc) is 2.27. The molecule has 0 bridgehead atoms. The predicted molar refractivity (Wildman–Crippen MR) is 56.5 cm³/mol. The Hall–Kier alpha value is -1.89. The van der Waals surface area contributed by atoms with Gasteiger partial charge in [-0.3, -0.25) is 4.79 Å². The topological polar surface area (TPSA) is 50.1 Å². The number of rotatable bonds is 5. The van der Waals surface area contributed by atoms with Crippen molar-refractivity contribution in [3.8, 4) is 11.8 Å². The Kier molecular flexibility index (Phi) is 4.46. The van der Waals surface area contributed by atoms with E-state index in [0.29, 0.717) is 6.42 Å². The summed E-state index contributed by atoms with van der Waals surface area (Å²) in [6.45, 7) is 1.85. The first-order valence-corrected chi connectivity index (χ1v) is 5.01. The van der Waals surface area contributed by atoms with E-state index in [1.807, 2.05) is 6.92 Å². The van der Waals surface area contributed by atoms with Gasteiger partial charge < -0.3 is 4.74 Å². The minimum Gasteiger partial charge on any atom is -0.486 e. The quantitative estimate of drug-likeness (QED) is 0.767. The molecule has 0 aliphatic heterocycles. The zero-order valence-corrected chi connectivity index (χ0v) is 9.00. The summed E-state index contributed by atoms with van der Waals surface area (Å²) in [6.07, 6.45) is 1.22. The van der Waals surface area contributed by atoms with Crippen LogP contribution in [0.3, 0.4) is 0 Å². The number of hydrogen-bond acceptors (Lipinski definition) is 3. The average molecular weight is 221 g/mol. The van der Waals surface area contributed by atoms with Crippen molar-refractivity contribution in [1.29, 1.82) is 5.26 Å². The molecule has 1 aromatic rings. The zero-order chi connectivity index (χ0) is 12.0. The van der Waals surface area contributed by atoms with E-state index in [0.717, 1.165) is 12.5 Å². The molecule has 0 aromatic heterocycles. The molecule has 0 saturated heterocycles. The second-order valence-electron chi connectivity index (χ2n) is 3.33. The van der Waals surface area contributed by atoms with Crippen LogP contribution in [0.1, 0.15) is 25.3 Å². The largest absolute Gasteiger partial charge is 0.486 e. The molecular weight excluding hydrogens is 209 g/mol. The van der Waals surface area contributed by atoms with Crippen molar-refractivity contribution < 1.29 is 13.9 Å². The maximum atomic E-state index is 13.1. The summed E-state index contributed by atoms with van der Waals surface area (Å²) in [5.41, 5.74) is -0.0350. The van der Waals surface area contributed by atoms with Crippen molar-refractivity contribution in [3.63, 3.8) is 0 Å². The molecule has 0 spiro atoms. The number of ketones is 1. The summed E-state index contributed by atoms with van der Waals surface area (Å²) in [5.74, 6) is -0.392. The lowest BCUT2D eigenvalue weighted by Crippen LogP contribution is -2.10. The zero-order valence-electron chi connectivity index (χ0n) is 9.00. The van der Waals surface area contributed by atoms with Crippen molar-refractivity contribution in [1.82, 2.24) is 0 Å². The van der Waals surface area contributed by atoms with Crippen molar-refractivity contribution in [2.45, 2.75) is 19.8 Å². The maximum Gasteiger partial charge on any atom is 0.170 e. The molecule has 84 valence electrons. The molecule has 0 aliphatic rings. The highest BCUT2D eigenvalue weighted by atomic mass is 19.1. The summed E-state index contributed by atoms with van der Waals surface area (Å²) in [5, 5.41) is 8.51. The fourth-order valence-electron chi connectivity index (χ4n) is 1.19. The number of nitrogens with zero attached hydrogens (tertiary/aromatic N) is 1. The van der Waals surface area contributed by atoms with E-state index in [4.69, 9.17) is 10.00 Å². The molecule has 0 aliphatic carbocycles. The van der Waals surface area contributed by atoms with Gasteiger partial charge in [-0.05, 0) is 18.6 Å². The number of halogens is 1. The summed E-state index contributed by atoms with van der Waals surface area (Å²) in [4.78, 5) is 11.2. The van der Waals surface area contributed by atoms with Crippen molar-refractivity contribution >= 4 is 5.78 Å². The van der Waals surface area contributed by atoms with Crippen molar-refractivity contribution in [2.24, 2.45) is 0 Å². The molecule has 4 heteroatoms. The van der Waals surface area contributed by atoms with E-state index < -0.39 is 5.82 Å². The molecule has 0 N–H and O–H groups in total. The lowest BCUT2D eigenvalue weighted by molar-refractivity contribution is -0.121. The van der Waals surface area contributed by atoms with Crippen LogP contribution in [-0.4, -0.2) is 12.4 Å². The van der Waals surface area contributed by atoms with E-state index in [9.17, 15) is 9.18 Å². The smallest absolute Gasteiger partial charge is 0.170 e. The van der Waals surface area contributed by atoms with Gasteiger partial charge in [-0.1, -0.05) is 6.92 Å². The molecular formula is C12H12FNO2. The number of carbonyl (C=O) groups is 1. The van der Waals surface area contributed by atoms with E-state index in [-0.39, 0.29) is 23.7 Å². The lowest BCUT2D eigenvalue weighted by atomic mass is 10.2. The summed E-state index contributed by atoms with van der Waals surface area (Å²) < 4.78 is 18.2. The minimum atomic E-state index is -0.636. The van der Waals surface area contributed by atoms with E-state index in [2.05, 4.69) is 0 Å². The van der Waals surface area contributed by atoms with Crippen molar-refractivity contribution in [3.05, 3.63) is 29.6 Å². The molecule has 16 heavy (non-hydrogen) atoms. The van der Waals surface area contributed by atoms with Gasteiger partial charge in [-0.15, -0.1) is 0 Å². The van der Waals surface area contributed by atoms with Crippen LogP contribution < -0.4 is 4.74 Å². The maximum absolute atomic E-state index is 13.1. The van der Waals surface area contributed by atoms with Gasteiger partial charge in [0.1, 0.15) is 24.2 Å². The van der Waals surface area contributed by atoms with Gasteiger partial charge in [0.05, 0.1) is 5.56 Å². The molecule has 0 amide bonds. The van der Waals surface area contributed by atoms with Gasteiger partial charge in [0.15, 0.2) is 5.78 Å². The van der Waals surface area contributed by atoms with E-state index in [1.54, 1.807) is 6.07 Å². The number of Topliss-reactive ketones (excluding diaryl/α,β-unsaturated/α-hetero) is 1. The first-order chi connectivity index (χ1) is 7.67. The molecule has 0 unspecified atom stereocenters. The number of benzene rings is 1. The highest BCUT2D eigenvalue weighted by Crippen LogP contribution is 2.15. The minimum absolute atomic E-state index is 0.0210. The standard InChI is InChI=1S/C12H12FNO2/c1-2-3-10(15)8-16-11-5-4-9(7-14)12(13)6-11/h4-6H,2-3,8H2,1H3. The lowest BCUT2D eigenvalue weighted by Gasteiger charge is -2.05. The molecule has 0 fully saturated rings. The number of ether oxygens (including phenoxy) is 1. The van der Waals surface area contributed by atoms with E-state index in [1.165, 1.54) is 12.1 Å². The van der Waals surface area contributed by atoms with Crippen LogP contribution in [0.15, 0.2) is 18.2 Å². The van der Waals surface area contributed by atoms with Gasteiger partial charge in [0.25, 0.3) is 0 Å². The van der Waals surface area contributed by atoms with Gasteiger partial charge in [-0.25, -0.2) is 4.39 Å². The van der Waals surface area contributed by atoms with Gasteiger partial charge in [0, 0.05) is 12.5 Å². The highest BCUT2D eigenvalue weighted by molar-refractivity contribution is 5.79. The normalized spacial score (nSPS) is 9.56. The summed E-state index contributed by atoms with van der Waals surface area (Å²) >= 11 is 0. The van der Waals surface area contributed by atoms with Crippen LogP contribution >= 0.6 is 0 Å². The second kappa shape index (κ2) is 5.86. The van der Waals surface area contributed by atoms with Crippen LogP contribution in [0.4, 0.5) is 4.39 Å². The molecule has 0 atom stereocenters. The third kappa shape index (κ3) is 3.35. The fraction of sp³-hybridized carbons (Fsp3) is 0.333. The third-order valence-electron chi connectivity index (χ3n) is 1.99. The molecule has 0 heterocycles. The summed E-state index contributed by atoms with van der Waals surface area (Å²) in [7, 11) is 0. The second-order valence-corrected chi connectivity index (χ2v) is 3.33. The molecule has 3 nitrogen and oxygen atoms in total. The van der Waals surface area contributed by atoms with Gasteiger partial charge in [0.2, 0.25) is 0 Å². The Morgan fingerprint density at radius 2 is 2.31 bits per heavy atom. The first kappa shape index (κ1) is 12.2. The van der Waals surface area contributed by atoms with Crippen LogP contribution in [-0.2, 0) is 4.79 Å². The molecule has 1 rings (SSSR count). The first-order valence-electron chi connectivity index (χ1n) is 5.01. The van der Waals surface area contributed by atoms with Crippen LogP contribution in [0.2, 0.25) is 0 Å². The SMILES string of the molecule is CCCC(=O)COc1ccc(C#N)c(F)c1. The highest BCUT2D eigenvalue weighted by Gasteiger charge is 2.05. The monoisotopic (exact) mass is 221 g/mol. The van der Waals surface area contributed by atoms with Gasteiger partial charge >= 0.3 is 0 Å². The Bertz CT molecular complexity index is 424. The number of nitriles is 1. The van der Waals surface area contributed by atoms with Crippen LogP contribution in [0.5, 0.6) is 5.75 Å². The Morgan fingerprint density at radius 3 is 2.88 bits per heavy atom. The number of hydrogen-bond donors (Lipinski definition) is 0. The third-order valence-corrected chi connectivity index (χ3v) is 1.99.